The first-order chi connectivity index (χ1) is 11.8. The zero-order valence-electron chi connectivity index (χ0n) is 13.0. The predicted molar refractivity (Wildman–Crippen MR) is 88.2 cm³/mol. The van der Waals surface area contributed by atoms with E-state index in [0.717, 1.165) is 11.1 Å². The molecule has 1 aromatic heterocycles. The number of hydrogen-bond acceptors (Lipinski definition) is 4. The molecule has 1 unspecified atom stereocenters. The normalized spacial score (nSPS) is 16.7. The Morgan fingerprint density at radius 3 is 2.17 bits per heavy atom. The molecule has 24 heavy (non-hydrogen) atoms. The maximum Gasteiger partial charge on any atom is 0.222 e. The Morgan fingerprint density at radius 2 is 1.62 bits per heavy atom. The lowest BCUT2D eigenvalue weighted by Crippen LogP contribution is -2.49. The first kappa shape index (κ1) is 14.6. The molecule has 2 aromatic carbocycles. The Hall–Kier alpha value is -3.02. The zero-order chi connectivity index (χ0) is 16.4. The number of carbonyl (C=O) groups is 1. The number of nitrogens with one attached hydrogen (secondary N) is 1. The van der Waals surface area contributed by atoms with Crippen LogP contribution in [0.1, 0.15) is 29.4 Å². The van der Waals surface area contributed by atoms with Crippen LogP contribution in [-0.4, -0.2) is 32.2 Å². The molecule has 0 spiro atoms. The highest BCUT2D eigenvalue weighted by atomic mass is 16.2. The van der Waals surface area contributed by atoms with Gasteiger partial charge in [-0.15, -0.1) is 10.2 Å². The lowest BCUT2D eigenvalue weighted by atomic mass is 9.99. The van der Waals surface area contributed by atoms with Crippen molar-refractivity contribution < 1.29 is 4.79 Å². The fourth-order valence-electron chi connectivity index (χ4n) is 2.95. The summed E-state index contributed by atoms with van der Waals surface area (Å²) in [6, 6.07) is 20.3. The molecule has 1 fully saturated rings. The van der Waals surface area contributed by atoms with Crippen molar-refractivity contribution in [3.8, 4) is 0 Å². The number of rotatable bonds is 5. The van der Waals surface area contributed by atoms with Gasteiger partial charge in [0.05, 0.1) is 0 Å². The summed E-state index contributed by atoms with van der Waals surface area (Å²) < 4.78 is 0. The number of nitrogens with zero attached hydrogens (tertiary/aromatic N) is 4. The predicted octanol–water partition coefficient (Wildman–Crippen LogP) is 1.74. The topological polar surface area (TPSA) is 72.7 Å². The molecule has 4 rings (SSSR count). The lowest BCUT2D eigenvalue weighted by molar-refractivity contribution is -0.128. The van der Waals surface area contributed by atoms with Crippen LogP contribution in [0.3, 0.4) is 0 Å². The number of aromatic nitrogens is 4. The van der Waals surface area contributed by atoms with E-state index >= 15 is 0 Å². The fourth-order valence-corrected chi connectivity index (χ4v) is 2.95. The van der Waals surface area contributed by atoms with Gasteiger partial charge in [0, 0.05) is 18.9 Å². The molecule has 6 heteroatoms. The van der Waals surface area contributed by atoms with Crippen molar-refractivity contribution in [1.82, 2.24) is 25.5 Å². The molecule has 1 amide bonds. The van der Waals surface area contributed by atoms with Crippen molar-refractivity contribution in [2.45, 2.75) is 24.9 Å². The Morgan fingerprint density at radius 1 is 1.04 bits per heavy atom. The van der Waals surface area contributed by atoms with Crippen LogP contribution in [0.4, 0.5) is 0 Å². The molecule has 1 atom stereocenters. The zero-order valence-corrected chi connectivity index (χ0v) is 13.0. The van der Waals surface area contributed by atoms with Gasteiger partial charge in [-0.25, -0.2) is 0 Å². The molecule has 6 nitrogen and oxygen atoms in total. The van der Waals surface area contributed by atoms with Gasteiger partial charge in [0.25, 0.3) is 0 Å². The summed E-state index contributed by atoms with van der Waals surface area (Å²) in [5.74, 6) is 0.732. The minimum atomic E-state index is -0.121. The molecule has 1 saturated heterocycles. The number of amides is 1. The number of tetrazole rings is 1. The maximum atomic E-state index is 11.0. The molecular weight excluding hydrogens is 302 g/mol. The molecule has 2 heterocycles. The van der Waals surface area contributed by atoms with Crippen molar-refractivity contribution >= 4 is 5.91 Å². The van der Waals surface area contributed by atoms with Gasteiger partial charge in [0.1, 0.15) is 6.04 Å². The Kier molecular flexibility index (Phi) is 3.78. The third-order valence-electron chi connectivity index (χ3n) is 4.16. The van der Waals surface area contributed by atoms with Crippen LogP contribution in [-0.2, 0) is 11.2 Å². The van der Waals surface area contributed by atoms with E-state index in [1.165, 1.54) is 0 Å². The number of β-lactam (4-membered cyclic amide) rings is 1. The van der Waals surface area contributed by atoms with Gasteiger partial charge in [0.2, 0.25) is 5.91 Å². The highest BCUT2D eigenvalue weighted by molar-refractivity contribution is 5.82. The van der Waals surface area contributed by atoms with E-state index in [1.807, 2.05) is 36.4 Å². The summed E-state index contributed by atoms with van der Waals surface area (Å²) in [5.41, 5.74) is 2.20. The third-order valence-corrected chi connectivity index (χ3v) is 4.16. The Bertz CT molecular complexity index is 783. The summed E-state index contributed by atoms with van der Waals surface area (Å²) >= 11 is 0. The van der Waals surface area contributed by atoms with E-state index in [9.17, 15) is 4.79 Å². The second kappa shape index (κ2) is 6.23. The number of carbonyl (C=O) groups excluding carboxylic acids is 1. The van der Waals surface area contributed by atoms with Crippen molar-refractivity contribution in [2.75, 3.05) is 0 Å². The highest BCUT2D eigenvalue weighted by Gasteiger charge is 2.27. The fraction of sp³-hybridized carbons (Fsp3) is 0.222. The first-order valence-corrected chi connectivity index (χ1v) is 7.97. The largest absolute Gasteiger partial charge is 0.352 e. The van der Waals surface area contributed by atoms with Crippen LogP contribution in [0.2, 0.25) is 0 Å². The standard InChI is InChI=1S/C18H17N5O/c24-17-12-15(19-17)11-16-20-22-23(21-16)18(13-7-3-1-4-8-13)14-9-5-2-6-10-14/h1-10,15,18H,11-12H2,(H,19,24). The van der Waals surface area contributed by atoms with Gasteiger partial charge in [0.15, 0.2) is 5.82 Å². The van der Waals surface area contributed by atoms with Crippen LogP contribution in [0.25, 0.3) is 0 Å². The van der Waals surface area contributed by atoms with Crippen molar-refractivity contribution in [2.24, 2.45) is 0 Å². The van der Waals surface area contributed by atoms with Crippen molar-refractivity contribution in [1.29, 1.82) is 0 Å². The van der Waals surface area contributed by atoms with E-state index in [-0.39, 0.29) is 18.0 Å². The van der Waals surface area contributed by atoms with E-state index in [1.54, 1.807) is 4.80 Å². The third kappa shape index (κ3) is 2.90. The van der Waals surface area contributed by atoms with Gasteiger partial charge < -0.3 is 5.32 Å². The number of benzene rings is 2. The monoisotopic (exact) mass is 319 g/mol. The Balaban J connectivity index is 1.64. The second-order valence-corrected chi connectivity index (χ2v) is 5.92. The summed E-state index contributed by atoms with van der Waals surface area (Å²) in [5, 5.41) is 15.8. The van der Waals surface area contributed by atoms with Gasteiger partial charge >= 0.3 is 0 Å². The van der Waals surface area contributed by atoms with Crippen LogP contribution in [0, 0.1) is 0 Å². The van der Waals surface area contributed by atoms with Crippen molar-refractivity contribution in [3.05, 3.63) is 77.6 Å². The van der Waals surface area contributed by atoms with Gasteiger partial charge in [-0.2, -0.15) is 4.80 Å². The molecule has 0 aliphatic carbocycles. The summed E-state index contributed by atoms with van der Waals surface area (Å²) in [4.78, 5) is 12.7. The first-order valence-electron chi connectivity index (χ1n) is 7.97. The van der Waals surface area contributed by atoms with E-state index < -0.39 is 0 Å². The summed E-state index contributed by atoms with van der Waals surface area (Å²) in [6.45, 7) is 0. The van der Waals surface area contributed by atoms with Crippen LogP contribution in [0.15, 0.2) is 60.7 Å². The summed E-state index contributed by atoms with van der Waals surface area (Å²) in [7, 11) is 0. The average molecular weight is 319 g/mol. The van der Waals surface area contributed by atoms with E-state index in [0.29, 0.717) is 18.7 Å². The molecule has 0 bridgehead atoms. The van der Waals surface area contributed by atoms with Crippen molar-refractivity contribution in [3.63, 3.8) is 0 Å². The average Bonchev–Trinajstić information content (AvgIpc) is 3.04. The highest BCUT2D eigenvalue weighted by Crippen LogP contribution is 2.25. The van der Waals surface area contributed by atoms with Gasteiger partial charge in [-0.3, -0.25) is 4.79 Å². The molecular formula is C18H17N5O. The quantitative estimate of drug-likeness (QED) is 0.727. The van der Waals surface area contributed by atoms with Crippen LogP contribution in [0.5, 0.6) is 0 Å². The van der Waals surface area contributed by atoms with E-state index in [4.69, 9.17) is 0 Å². The molecule has 120 valence electrons. The molecule has 0 radical (unpaired) electrons. The molecule has 0 saturated carbocycles. The lowest BCUT2D eigenvalue weighted by Gasteiger charge is -2.25. The number of hydrogen-bond donors (Lipinski definition) is 1. The van der Waals surface area contributed by atoms with E-state index in [2.05, 4.69) is 45.0 Å². The summed E-state index contributed by atoms with van der Waals surface area (Å²) in [6.07, 6.45) is 1.15. The molecule has 1 aliphatic heterocycles. The van der Waals surface area contributed by atoms with Gasteiger partial charge in [-0.05, 0) is 16.3 Å². The minimum absolute atomic E-state index is 0.0823. The molecule has 1 aliphatic rings. The SMILES string of the molecule is O=C1CC(Cc2nnn(C(c3ccccc3)c3ccccc3)n2)N1. The smallest absolute Gasteiger partial charge is 0.222 e. The maximum absolute atomic E-state index is 11.0. The molecule has 1 N–H and O–H groups in total. The second-order valence-electron chi connectivity index (χ2n) is 5.92. The van der Waals surface area contributed by atoms with Crippen LogP contribution >= 0.6 is 0 Å². The van der Waals surface area contributed by atoms with Crippen LogP contribution < -0.4 is 5.32 Å². The molecule has 3 aromatic rings. The van der Waals surface area contributed by atoms with Gasteiger partial charge in [-0.1, -0.05) is 60.7 Å². The Labute approximate surface area is 139 Å². The minimum Gasteiger partial charge on any atom is -0.352 e.